The number of nitrogens with zero attached hydrogens (tertiary/aromatic N) is 1. The summed E-state index contributed by atoms with van der Waals surface area (Å²) < 4.78 is 0. The Morgan fingerprint density at radius 1 is 1.53 bits per heavy atom. The summed E-state index contributed by atoms with van der Waals surface area (Å²) in [7, 11) is 0. The molecule has 1 heterocycles. The summed E-state index contributed by atoms with van der Waals surface area (Å²) in [5, 5.41) is 22.0. The Kier molecular flexibility index (Phi) is 6.17. The largest absolute Gasteiger partial charge is 0.395 e. The van der Waals surface area contributed by atoms with Crippen LogP contribution in [0.4, 0.5) is 0 Å². The third kappa shape index (κ3) is 4.93. The molecule has 0 aromatic heterocycles. The molecule has 1 aliphatic rings. The van der Waals surface area contributed by atoms with Crippen LogP contribution in [0.5, 0.6) is 0 Å². The molecule has 0 aromatic rings. The second kappa shape index (κ2) is 7.17. The van der Waals surface area contributed by atoms with Crippen molar-refractivity contribution in [2.24, 2.45) is 0 Å². The van der Waals surface area contributed by atoms with Crippen LogP contribution in [-0.4, -0.2) is 60.0 Å². The molecule has 0 amide bonds. The van der Waals surface area contributed by atoms with Crippen LogP contribution < -0.4 is 5.32 Å². The smallest absolute Gasteiger partial charge is 0.0664 e. The van der Waals surface area contributed by atoms with Crippen molar-refractivity contribution < 1.29 is 10.2 Å². The van der Waals surface area contributed by atoms with Crippen LogP contribution in [0.15, 0.2) is 0 Å². The van der Waals surface area contributed by atoms with Gasteiger partial charge in [-0.2, -0.15) is 0 Å². The summed E-state index contributed by atoms with van der Waals surface area (Å²) in [6, 6.07) is 0.542. The average Bonchev–Trinajstić information content (AvgIpc) is 2.70. The molecule has 3 N–H and O–H groups in total. The van der Waals surface area contributed by atoms with E-state index in [2.05, 4.69) is 10.2 Å². The molecule has 0 aromatic carbocycles. The maximum Gasteiger partial charge on any atom is 0.0664 e. The van der Waals surface area contributed by atoms with Crippen LogP contribution in [0.3, 0.4) is 0 Å². The second-order valence-corrected chi connectivity index (χ2v) is 4.34. The summed E-state index contributed by atoms with van der Waals surface area (Å²) in [6.45, 7) is 5.54. The van der Waals surface area contributed by atoms with Gasteiger partial charge in [0.15, 0.2) is 0 Å². The van der Waals surface area contributed by atoms with E-state index < -0.39 is 0 Å². The van der Waals surface area contributed by atoms with E-state index in [9.17, 15) is 5.11 Å². The van der Waals surface area contributed by atoms with Gasteiger partial charge in [-0.25, -0.2) is 0 Å². The Morgan fingerprint density at radius 3 is 2.87 bits per heavy atom. The van der Waals surface area contributed by atoms with E-state index >= 15 is 0 Å². The fourth-order valence-electron chi connectivity index (χ4n) is 2.05. The van der Waals surface area contributed by atoms with Gasteiger partial charge in [-0.15, -0.1) is 0 Å². The molecule has 4 heteroatoms. The van der Waals surface area contributed by atoms with Gasteiger partial charge in [-0.05, 0) is 25.8 Å². The molecule has 1 saturated heterocycles. The summed E-state index contributed by atoms with van der Waals surface area (Å²) in [4.78, 5) is 2.15. The molecule has 0 bridgehead atoms. The molecule has 15 heavy (non-hydrogen) atoms. The van der Waals surface area contributed by atoms with Gasteiger partial charge in [0, 0.05) is 25.7 Å². The minimum Gasteiger partial charge on any atom is -0.395 e. The predicted molar refractivity (Wildman–Crippen MR) is 60.8 cm³/mol. The standard InChI is InChI=1S/C11H24N2O2/c1-2-11(15)9-13(6-7-14)8-10-4-3-5-12-10/h10-12,14-15H,2-9H2,1H3. The van der Waals surface area contributed by atoms with Crippen LogP contribution >= 0.6 is 0 Å². The first-order valence-corrected chi connectivity index (χ1v) is 6.01. The van der Waals surface area contributed by atoms with Crippen molar-refractivity contribution in [1.29, 1.82) is 0 Å². The Morgan fingerprint density at radius 2 is 2.33 bits per heavy atom. The summed E-state index contributed by atoms with van der Waals surface area (Å²) in [5.74, 6) is 0. The Hall–Kier alpha value is -0.160. The molecule has 1 aliphatic heterocycles. The lowest BCUT2D eigenvalue weighted by Crippen LogP contribution is -2.42. The molecule has 0 aliphatic carbocycles. The van der Waals surface area contributed by atoms with Crippen LogP contribution in [0, 0.1) is 0 Å². The summed E-state index contributed by atoms with van der Waals surface area (Å²) in [6.07, 6.45) is 2.97. The monoisotopic (exact) mass is 216 g/mol. The maximum absolute atomic E-state index is 9.59. The van der Waals surface area contributed by atoms with Gasteiger partial charge in [-0.1, -0.05) is 6.92 Å². The second-order valence-electron chi connectivity index (χ2n) is 4.34. The highest BCUT2D eigenvalue weighted by Crippen LogP contribution is 2.07. The van der Waals surface area contributed by atoms with Crippen molar-refractivity contribution in [1.82, 2.24) is 10.2 Å². The number of nitrogens with one attached hydrogen (secondary N) is 1. The molecule has 90 valence electrons. The molecule has 1 rings (SSSR count). The predicted octanol–water partition coefficient (Wildman–Crippen LogP) is -0.196. The first-order chi connectivity index (χ1) is 7.26. The van der Waals surface area contributed by atoms with E-state index in [0.29, 0.717) is 19.1 Å². The topological polar surface area (TPSA) is 55.7 Å². The van der Waals surface area contributed by atoms with E-state index in [1.165, 1.54) is 12.8 Å². The normalized spacial score (nSPS) is 23.6. The molecule has 1 fully saturated rings. The zero-order valence-corrected chi connectivity index (χ0v) is 9.65. The Balaban J connectivity index is 2.28. The van der Waals surface area contributed by atoms with Crippen LogP contribution in [0.1, 0.15) is 26.2 Å². The third-order valence-electron chi connectivity index (χ3n) is 3.00. The van der Waals surface area contributed by atoms with Gasteiger partial charge in [0.1, 0.15) is 0 Å². The number of rotatable bonds is 7. The Bertz CT molecular complexity index is 161. The van der Waals surface area contributed by atoms with Gasteiger partial charge in [0.05, 0.1) is 12.7 Å². The van der Waals surface area contributed by atoms with Gasteiger partial charge >= 0.3 is 0 Å². The lowest BCUT2D eigenvalue weighted by molar-refractivity contribution is 0.0922. The highest BCUT2D eigenvalue weighted by molar-refractivity contribution is 4.78. The van der Waals surface area contributed by atoms with Gasteiger partial charge < -0.3 is 15.5 Å². The molecule has 2 atom stereocenters. The number of aliphatic hydroxyl groups is 2. The molecule has 0 radical (unpaired) electrons. The molecule has 0 saturated carbocycles. The van der Waals surface area contributed by atoms with Crippen molar-refractivity contribution in [3.63, 3.8) is 0 Å². The van der Waals surface area contributed by atoms with Crippen molar-refractivity contribution >= 4 is 0 Å². The van der Waals surface area contributed by atoms with Gasteiger partial charge in [0.25, 0.3) is 0 Å². The number of aliphatic hydroxyl groups excluding tert-OH is 2. The van der Waals surface area contributed by atoms with Crippen molar-refractivity contribution in [2.45, 2.75) is 38.3 Å². The Labute approximate surface area is 92.3 Å². The van der Waals surface area contributed by atoms with Crippen LogP contribution in [0.25, 0.3) is 0 Å². The molecular weight excluding hydrogens is 192 g/mol. The van der Waals surface area contributed by atoms with Gasteiger partial charge in [0.2, 0.25) is 0 Å². The number of hydrogen-bond acceptors (Lipinski definition) is 4. The fraction of sp³-hybridized carbons (Fsp3) is 1.00. The zero-order valence-electron chi connectivity index (χ0n) is 9.65. The third-order valence-corrected chi connectivity index (χ3v) is 3.00. The maximum atomic E-state index is 9.59. The molecule has 4 nitrogen and oxygen atoms in total. The summed E-state index contributed by atoms with van der Waals surface area (Å²) in [5.41, 5.74) is 0. The van der Waals surface area contributed by atoms with E-state index in [0.717, 1.165) is 19.5 Å². The molecular formula is C11H24N2O2. The van der Waals surface area contributed by atoms with Crippen molar-refractivity contribution in [3.8, 4) is 0 Å². The minimum atomic E-state index is -0.266. The van der Waals surface area contributed by atoms with E-state index in [-0.39, 0.29) is 12.7 Å². The van der Waals surface area contributed by atoms with E-state index in [1.54, 1.807) is 0 Å². The lowest BCUT2D eigenvalue weighted by Gasteiger charge is -2.26. The van der Waals surface area contributed by atoms with E-state index in [1.807, 2.05) is 6.92 Å². The minimum absolute atomic E-state index is 0.170. The molecule has 0 spiro atoms. The molecule has 2 unspecified atom stereocenters. The van der Waals surface area contributed by atoms with Crippen LogP contribution in [0.2, 0.25) is 0 Å². The fourth-order valence-corrected chi connectivity index (χ4v) is 2.05. The highest BCUT2D eigenvalue weighted by atomic mass is 16.3. The average molecular weight is 216 g/mol. The summed E-state index contributed by atoms with van der Waals surface area (Å²) >= 11 is 0. The first-order valence-electron chi connectivity index (χ1n) is 6.01. The SMILES string of the molecule is CCC(O)CN(CCO)CC1CCCN1. The first kappa shape index (κ1) is 12.9. The van der Waals surface area contributed by atoms with Crippen molar-refractivity contribution in [2.75, 3.05) is 32.8 Å². The quantitative estimate of drug-likeness (QED) is 0.552. The highest BCUT2D eigenvalue weighted by Gasteiger charge is 2.18. The zero-order chi connectivity index (χ0) is 11.1. The lowest BCUT2D eigenvalue weighted by atomic mass is 10.2. The van der Waals surface area contributed by atoms with E-state index in [4.69, 9.17) is 5.11 Å². The van der Waals surface area contributed by atoms with Crippen molar-refractivity contribution in [3.05, 3.63) is 0 Å². The van der Waals surface area contributed by atoms with Crippen LogP contribution in [-0.2, 0) is 0 Å². The van der Waals surface area contributed by atoms with Gasteiger partial charge in [-0.3, -0.25) is 4.90 Å². The number of hydrogen-bond donors (Lipinski definition) is 3.